The van der Waals surface area contributed by atoms with Crippen molar-refractivity contribution in [2.75, 3.05) is 11.1 Å². The molecule has 2 saturated carbocycles. The van der Waals surface area contributed by atoms with Gasteiger partial charge >= 0.3 is 5.97 Å². The summed E-state index contributed by atoms with van der Waals surface area (Å²) in [4.78, 5) is 61.7. The van der Waals surface area contributed by atoms with Gasteiger partial charge < -0.3 is 30.4 Å². The van der Waals surface area contributed by atoms with Gasteiger partial charge in [0, 0.05) is 19.5 Å². The van der Waals surface area contributed by atoms with Crippen LogP contribution in [0, 0.1) is 42.4 Å². The summed E-state index contributed by atoms with van der Waals surface area (Å²) in [5.74, 6) is 0.816. The van der Waals surface area contributed by atoms with Crippen LogP contribution in [0.15, 0.2) is 21.8 Å². The molecular formula is C40H60N4O10S2Zn-2. The summed E-state index contributed by atoms with van der Waals surface area (Å²) in [7, 11) is -4.81. The maximum absolute atomic E-state index is 14.2. The van der Waals surface area contributed by atoms with E-state index in [1.54, 1.807) is 19.9 Å². The Morgan fingerprint density at radius 2 is 1.53 bits per heavy atom. The number of aromatic nitrogens is 1. The quantitative estimate of drug-likeness (QED) is 0.0916. The van der Waals surface area contributed by atoms with Crippen molar-refractivity contribution in [3.05, 3.63) is 33.7 Å². The number of amidine groups is 1. The van der Waals surface area contributed by atoms with Crippen LogP contribution in [0.25, 0.3) is 6.08 Å². The molecule has 6 unspecified atom stereocenters. The number of carbonyl (C=O) groups excluding carboxylic acids is 3. The molecule has 1 aromatic heterocycles. The van der Waals surface area contributed by atoms with Crippen LogP contribution in [0.3, 0.4) is 0 Å². The number of carbonyl (C=O) groups is 3. The molecule has 0 radical (unpaired) electrons. The Morgan fingerprint density at radius 1 is 0.965 bits per heavy atom. The molecule has 57 heavy (non-hydrogen) atoms. The third-order valence-electron chi connectivity index (χ3n) is 12.1. The van der Waals surface area contributed by atoms with E-state index in [9.17, 15) is 27.4 Å². The minimum Gasteiger partial charge on any atom is -0.748 e. The molecule has 1 saturated heterocycles. The van der Waals surface area contributed by atoms with Gasteiger partial charge in [-0.05, 0) is 129 Å². The summed E-state index contributed by atoms with van der Waals surface area (Å²) >= 11 is 1.13. The largest absolute Gasteiger partial charge is 0.748 e. The van der Waals surface area contributed by atoms with Crippen LogP contribution >= 0.6 is 11.8 Å². The minimum atomic E-state index is -4.81. The first-order valence-corrected chi connectivity index (χ1v) is 22.1. The first-order chi connectivity index (χ1) is 25.8. The number of ether oxygens (including phenoxy) is 1. The zero-order chi connectivity index (χ0) is 40.6. The maximum atomic E-state index is 14.2. The van der Waals surface area contributed by atoms with Crippen molar-refractivity contribution >= 4 is 57.4 Å². The van der Waals surface area contributed by atoms with Gasteiger partial charge in [-0.1, -0.05) is 54.3 Å². The normalized spacial score (nSPS) is 32.3. The molecule has 0 bridgehead atoms. The number of rotatable bonds is 11. The Morgan fingerprint density at radius 3 is 2.05 bits per heavy atom. The number of hydrogen-bond acceptors (Lipinski definition) is 11. The molecule has 3 fully saturated rings. The van der Waals surface area contributed by atoms with Gasteiger partial charge in [0.15, 0.2) is 0 Å². The first kappa shape index (κ1) is 49.0. The van der Waals surface area contributed by atoms with Crippen molar-refractivity contribution < 1.29 is 66.8 Å². The zero-order valence-corrected chi connectivity index (χ0v) is 39.6. The van der Waals surface area contributed by atoms with Gasteiger partial charge in [0.25, 0.3) is 0 Å². The van der Waals surface area contributed by atoms with Gasteiger partial charge in [0.05, 0.1) is 27.2 Å². The van der Waals surface area contributed by atoms with Crippen molar-refractivity contribution in [2.45, 2.75) is 137 Å². The summed E-state index contributed by atoms with van der Waals surface area (Å²) in [6.45, 7) is 19.5. The molecule has 2 aliphatic heterocycles. The number of thioether (sulfide) groups is 1. The van der Waals surface area contributed by atoms with Crippen LogP contribution in [-0.4, -0.2) is 70.0 Å². The maximum Gasteiger partial charge on any atom is 0.342 e. The molecule has 3 heterocycles. The SMILES string of the molecule is CCC1(C(=O)NC2=N/C(=C\c3[n-]c(NC(C)=O)c(COOC4C(C)CC(C)CC4C)c3C)C(C)=C2C(=O)OC2C(C)CC(C)CC2C)SCCC1S(=O)(=O)[O-].O.[Zn]. The van der Waals surface area contributed by atoms with Crippen LogP contribution in [0.4, 0.5) is 5.82 Å². The van der Waals surface area contributed by atoms with E-state index >= 15 is 0 Å². The molecule has 0 spiro atoms. The minimum absolute atomic E-state index is 0. The molecule has 6 atom stereocenters. The average Bonchev–Trinajstić information content (AvgIpc) is 3.74. The molecule has 14 nitrogen and oxygen atoms in total. The van der Waals surface area contributed by atoms with Gasteiger partial charge in [0.2, 0.25) is 5.91 Å². The second kappa shape index (κ2) is 19.8. The molecule has 5 rings (SSSR count). The fourth-order valence-corrected chi connectivity index (χ4v) is 12.8. The fourth-order valence-electron chi connectivity index (χ4n) is 9.50. The Labute approximate surface area is 354 Å². The zero-order valence-electron chi connectivity index (χ0n) is 35.0. The van der Waals surface area contributed by atoms with Crippen LogP contribution in [0.1, 0.15) is 118 Å². The predicted molar refractivity (Wildman–Crippen MR) is 215 cm³/mol. The molecular weight excluding hydrogens is 826 g/mol. The molecule has 4 N–H and O–H groups in total. The molecule has 1 aromatic rings. The molecule has 17 heteroatoms. The van der Waals surface area contributed by atoms with E-state index in [1.807, 2.05) is 6.92 Å². The number of amides is 2. The Kier molecular flexibility index (Phi) is 17.0. The third kappa shape index (κ3) is 10.7. The number of nitrogens with zero attached hydrogens (tertiary/aromatic N) is 2. The van der Waals surface area contributed by atoms with Crippen molar-refractivity contribution in [1.29, 1.82) is 0 Å². The smallest absolute Gasteiger partial charge is 0.342 e. The van der Waals surface area contributed by atoms with Crippen molar-refractivity contribution in [1.82, 2.24) is 10.3 Å². The molecule has 2 amide bonds. The number of hydrogen-bond donors (Lipinski definition) is 2. The van der Waals surface area contributed by atoms with E-state index in [0.717, 1.165) is 37.4 Å². The van der Waals surface area contributed by atoms with Gasteiger partial charge in [-0.3, -0.25) is 9.59 Å². The van der Waals surface area contributed by atoms with Crippen LogP contribution < -0.4 is 15.6 Å². The van der Waals surface area contributed by atoms with Crippen LogP contribution in [0.2, 0.25) is 0 Å². The predicted octanol–water partition coefficient (Wildman–Crippen LogP) is 5.60. The Balaban J connectivity index is 0.00000435. The molecule has 316 valence electrons. The second-order valence-electron chi connectivity index (χ2n) is 16.7. The van der Waals surface area contributed by atoms with Crippen LogP contribution in [-0.2, 0) is 65.1 Å². The topological polar surface area (TPSA) is 218 Å². The van der Waals surface area contributed by atoms with Gasteiger partial charge in [-0.25, -0.2) is 28.0 Å². The average molecular weight is 886 g/mol. The molecule has 0 aromatic carbocycles. The number of anilines is 1. The second-order valence-corrected chi connectivity index (χ2v) is 19.7. The third-order valence-corrected chi connectivity index (χ3v) is 15.3. The molecule has 2 aliphatic carbocycles. The van der Waals surface area contributed by atoms with Crippen molar-refractivity contribution in [2.24, 2.45) is 40.5 Å². The van der Waals surface area contributed by atoms with Gasteiger partial charge in [-0.15, -0.1) is 11.8 Å². The van der Waals surface area contributed by atoms with E-state index in [-0.39, 0.29) is 85.8 Å². The first-order valence-electron chi connectivity index (χ1n) is 19.6. The number of esters is 1. The number of allylic oxidation sites excluding steroid dienone is 1. The summed E-state index contributed by atoms with van der Waals surface area (Å²) in [6, 6.07) is 0. The van der Waals surface area contributed by atoms with E-state index in [2.05, 4.69) is 52.2 Å². The van der Waals surface area contributed by atoms with E-state index in [4.69, 9.17) is 24.5 Å². The monoisotopic (exact) mass is 884 g/mol. The summed E-state index contributed by atoms with van der Waals surface area (Å²) in [6.07, 6.45) is 5.25. The standard InChI is InChI=1S/C40H60N4O9S2.H2O.Zn/c1-11-40(32(12-13-54-40)55(48,49)50)39(47)44-37-33(38(46)52-34-22(4)14-20(2)15-23(34)5)27(9)31(43-37)18-30-26(8)29(36(42-30)41-28(10)45)19-51-53-35-24(6)16-21(3)17-25(35)7;;/h18,20-25,32,34-35H,11-17,19H2,1-10H3,(H4,41,42,43,44,45,46,47,48,49,50);1H2;/p-2. The molecule has 4 aliphatic rings. The van der Waals surface area contributed by atoms with Crippen LogP contribution in [0.5, 0.6) is 0 Å². The summed E-state index contributed by atoms with van der Waals surface area (Å²) in [5, 5.41) is 4.12. The fraction of sp³-hybridized carbons (Fsp3) is 0.700. The van der Waals surface area contributed by atoms with E-state index in [1.165, 1.54) is 6.92 Å². The van der Waals surface area contributed by atoms with Crippen molar-refractivity contribution in [3.8, 4) is 0 Å². The summed E-state index contributed by atoms with van der Waals surface area (Å²) in [5.41, 5.74) is 2.54. The Bertz CT molecular complexity index is 1840. The van der Waals surface area contributed by atoms with Gasteiger partial charge in [-0.2, -0.15) is 0 Å². The van der Waals surface area contributed by atoms with Crippen molar-refractivity contribution in [3.63, 3.8) is 0 Å². The Hall–Kier alpha value is -2.40. The number of nitrogens with one attached hydrogen (secondary N) is 2. The number of aliphatic imine (C=N–C) groups is 1. The van der Waals surface area contributed by atoms with E-state index < -0.39 is 32.0 Å². The van der Waals surface area contributed by atoms with E-state index in [0.29, 0.717) is 63.3 Å². The van der Waals surface area contributed by atoms with Gasteiger partial charge in [0.1, 0.15) is 34.8 Å². The summed E-state index contributed by atoms with van der Waals surface area (Å²) < 4.78 is 41.6.